The maximum atomic E-state index is 2.42. The normalized spacial score (nSPS) is 27.7. The first-order chi connectivity index (χ1) is 6.45. The van der Waals surface area contributed by atoms with Crippen molar-refractivity contribution in [3.8, 4) is 0 Å². The second kappa shape index (κ2) is 6.99. The summed E-state index contributed by atoms with van der Waals surface area (Å²) < 4.78 is 0. The second-order valence-electron chi connectivity index (χ2n) is 2.84. The van der Waals surface area contributed by atoms with Crippen LogP contribution in [-0.4, -0.2) is 55.4 Å². The molecule has 0 bridgehead atoms. The van der Waals surface area contributed by atoms with E-state index in [1.807, 2.05) is 0 Å². The number of rotatable bonds is 2. The first-order valence-corrected chi connectivity index (χ1v) is 20.0. The van der Waals surface area contributed by atoms with Crippen LogP contribution < -0.4 is 0 Å². The van der Waals surface area contributed by atoms with Gasteiger partial charge in [0.05, 0.1) is 0 Å². The van der Waals surface area contributed by atoms with Crippen LogP contribution in [0.25, 0.3) is 0 Å². The Balaban J connectivity index is 1.68. The van der Waals surface area contributed by atoms with Crippen LogP contribution in [-0.2, 0) is 0 Å². The van der Waals surface area contributed by atoms with Gasteiger partial charge in [-0.25, -0.2) is 0 Å². The Morgan fingerprint density at radius 3 is 2.15 bits per heavy atom. The summed E-state index contributed by atoms with van der Waals surface area (Å²) in [5.41, 5.74) is 0. The third kappa shape index (κ3) is 4.51. The SMILES string of the molecule is C1C[S][Sn]([S]C2CSC2)[S]CCS1. The molecule has 6 heteroatoms. The molecule has 2 rings (SSSR count). The van der Waals surface area contributed by atoms with Crippen molar-refractivity contribution in [3.05, 3.63) is 0 Å². The molecule has 2 aliphatic rings. The molecule has 2 fully saturated rings. The van der Waals surface area contributed by atoms with Gasteiger partial charge in [-0.1, -0.05) is 0 Å². The van der Waals surface area contributed by atoms with Gasteiger partial charge in [-0.15, -0.1) is 0 Å². The monoisotopic (exact) mass is 377 g/mol. The van der Waals surface area contributed by atoms with Crippen LogP contribution in [0.2, 0.25) is 0 Å². The molecule has 1 radical (unpaired) electrons. The number of hydrogen-bond donors (Lipinski definition) is 0. The topological polar surface area (TPSA) is 0 Å². The quantitative estimate of drug-likeness (QED) is 0.678. The Morgan fingerprint density at radius 2 is 1.62 bits per heavy atom. The van der Waals surface area contributed by atoms with Crippen LogP contribution in [0.15, 0.2) is 0 Å². The van der Waals surface area contributed by atoms with E-state index in [1.54, 1.807) is 0 Å². The van der Waals surface area contributed by atoms with Crippen molar-refractivity contribution in [2.24, 2.45) is 0 Å². The van der Waals surface area contributed by atoms with Gasteiger partial charge in [0.15, 0.2) is 0 Å². The molecule has 2 saturated heterocycles. The van der Waals surface area contributed by atoms with Crippen molar-refractivity contribution in [1.82, 2.24) is 0 Å². The van der Waals surface area contributed by atoms with Gasteiger partial charge in [0, 0.05) is 0 Å². The molecule has 0 aromatic rings. The molecular weight excluding hydrogens is 363 g/mol. The molecule has 0 aromatic carbocycles. The summed E-state index contributed by atoms with van der Waals surface area (Å²) in [6.45, 7) is 0. The van der Waals surface area contributed by atoms with Crippen LogP contribution in [0.1, 0.15) is 0 Å². The zero-order valence-electron chi connectivity index (χ0n) is 7.36. The molecule has 0 amide bonds. The van der Waals surface area contributed by atoms with E-state index >= 15 is 0 Å². The Hall–Kier alpha value is 2.55. The first kappa shape index (κ1) is 12.0. The third-order valence-electron chi connectivity index (χ3n) is 1.77. The summed E-state index contributed by atoms with van der Waals surface area (Å²) in [7, 11) is 7.16. The molecule has 0 spiro atoms. The van der Waals surface area contributed by atoms with E-state index in [2.05, 4.69) is 50.4 Å². The van der Waals surface area contributed by atoms with E-state index in [0.29, 0.717) is 0 Å². The summed E-state index contributed by atoms with van der Waals surface area (Å²) in [6, 6.07) is 0. The predicted octanol–water partition coefficient (Wildman–Crippen LogP) is 3.03. The molecule has 0 aliphatic carbocycles. The van der Waals surface area contributed by atoms with Crippen molar-refractivity contribution in [3.63, 3.8) is 0 Å². The van der Waals surface area contributed by atoms with Gasteiger partial charge < -0.3 is 0 Å². The summed E-state index contributed by atoms with van der Waals surface area (Å²) in [5, 5.41) is 1.06. The van der Waals surface area contributed by atoms with Gasteiger partial charge in [-0.3, -0.25) is 0 Å². The fraction of sp³-hybridized carbons (Fsp3) is 1.00. The molecule has 2 heterocycles. The van der Waals surface area contributed by atoms with Crippen LogP contribution in [0.4, 0.5) is 0 Å². The second-order valence-corrected chi connectivity index (χ2v) is 29.2. The van der Waals surface area contributed by atoms with Gasteiger partial charge in [0.1, 0.15) is 0 Å². The Kier molecular flexibility index (Phi) is 6.46. The van der Waals surface area contributed by atoms with E-state index in [9.17, 15) is 0 Å². The summed E-state index contributed by atoms with van der Waals surface area (Å²) in [6.07, 6.45) is 0. The van der Waals surface area contributed by atoms with Crippen LogP contribution >= 0.6 is 50.4 Å². The zero-order chi connectivity index (χ0) is 8.93. The number of thioether (sulfide) groups is 2. The summed E-state index contributed by atoms with van der Waals surface area (Å²) in [5.74, 6) is 8.61. The zero-order valence-corrected chi connectivity index (χ0v) is 14.3. The van der Waals surface area contributed by atoms with Gasteiger partial charge >= 0.3 is 106 Å². The van der Waals surface area contributed by atoms with Crippen molar-refractivity contribution >= 4 is 66.0 Å². The predicted molar refractivity (Wildman–Crippen MR) is 76.7 cm³/mol. The maximum absolute atomic E-state index is 2.42. The van der Waals surface area contributed by atoms with Gasteiger partial charge in [0.25, 0.3) is 0 Å². The van der Waals surface area contributed by atoms with Crippen molar-refractivity contribution in [2.45, 2.75) is 5.25 Å². The van der Waals surface area contributed by atoms with Crippen LogP contribution in [0, 0.1) is 0 Å². The molecule has 75 valence electrons. The average molecular weight is 376 g/mol. The molecule has 0 N–H and O–H groups in total. The fourth-order valence-electron chi connectivity index (χ4n) is 0.998. The van der Waals surface area contributed by atoms with Gasteiger partial charge in [-0.05, 0) is 0 Å². The number of hydrogen-bond acceptors (Lipinski definition) is 5. The van der Waals surface area contributed by atoms with Crippen LogP contribution in [0.5, 0.6) is 0 Å². The molecule has 13 heavy (non-hydrogen) atoms. The first-order valence-electron chi connectivity index (χ1n) is 4.40. The Morgan fingerprint density at radius 1 is 0.923 bits per heavy atom. The van der Waals surface area contributed by atoms with Crippen molar-refractivity contribution in [1.29, 1.82) is 0 Å². The molecule has 0 saturated carbocycles. The van der Waals surface area contributed by atoms with E-state index < -0.39 is 15.6 Å². The van der Waals surface area contributed by atoms with Crippen molar-refractivity contribution < 1.29 is 0 Å². The van der Waals surface area contributed by atoms with E-state index in [-0.39, 0.29) is 0 Å². The standard InChI is InChI=1S/C4H10S3.C3H6S2.Sn/c5-1-3-7-4-2-6;4-3-1-5-2-3;/h5-6H,1-4H2;3-4H,1-2H2;/q;;+3/p-3. The molecule has 0 atom stereocenters. The Bertz CT molecular complexity index is 144. The van der Waals surface area contributed by atoms with E-state index in [4.69, 9.17) is 0 Å². The summed E-state index contributed by atoms with van der Waals surface area (Å²) >= 11 is 3.22. The van der Waals surface area contributed by atoms with E-state index in [1.165, 1.54) is 34.5 Å². The van der Waals surface area contributed by atoms with Gasteiger partial charge in [0.2, 0.25) is 0 Å². The fourth-order valence-corrected chi connectivity index (χ4v) is 36.6. The molecule has 0 unspecified atom stereocenters. The molecule has 0 aromatic heterocycles. The van der Waals surface area contributed by atoms with Gasteiger partial charge in [-0.2, -0.15) is 0 Å². The average Bonchev–Trinajstić information content (AvgIpc) is 1.99. The summed E-state index contributed by atoms with van der Waals surface area (Å²) in [4.78, 5) is 0. The van der Waals surface area contributed by atoms with E-state index in [0.717, 1.165) is 5.25 Å². The third-order valence-corrected chi connectivity index (χ3v) is 32.5. The molecule has 0 nitrogen and oxygen atoms in total. The minimum atomic E-state index is -1.06. The molecular formula is C7H13S5Sn. The molecule has 2 aliphatic heterocycles. The van der Waals surface area contributed by atoms with Crippen molar-refractivity contribution in [2.75, 3.05) is 34.5 Å². The Labute approximate surface area is 104 Å². The van der Waals surface area contributed by atoms with Crippen LogP contribution in [0.3, 0.4) is 0 Å². The minimum absolute atomic E-state index is 1.06.